The highest BCUT2D eigenvalue weighted by atomic mass is 16.5. The number of nitrogens with zero attached hydrogens (tertiary/aromatic N) is 2. The van der Waals surface area contributed by atoms with Gasteiger partial charge in [0.25, 0.3) is 0 Å². The Kier molecular flexibility index (Phi) is 4.51. The molecule has 0 rings (SSSR count). The average Bonchev–Trinajstić information content (AvgIpc) is 1.69. The molecule has 0 amide bonds. The first-order chi connectivity index (χ1) is 3.41. The van der Waals surface area contributed by atoms with Gasteiger partial charge in [-0.3, -0.25) is 0 Å². The van der Waals surface area contributed by atoms with Crippen LogP contribution in [0.15, 0.2) is 10.2 Å². The van der Waals surface area contributed by atoms with Crippen LogP contribution in [0.25, 0.3) is 0 Å². The number of ether oxygens (including phenoxy) is 1. The molecule has 0 N–H and O–H groups in total. The Bertz CT molecular complexity index is 77.8. The van der Waals surface area contributed by atoms with Gasteiger partial charge in [0.05, 0.1) is 7.11 Å². The normalized spacial score (nSPS) is 11.1. The lowest BCUT2D eigenvalue weighted by Gasteiger charge is -1.77. The van der Waals surface area contributed by atoms with Crippen molar-refractivity contribution < 1.29 is 4.74 Å². The largest absolute Gasteiger partial charge is 0.485 e. The molecule has 0 heterocycles. The van der Waals surface area contributed by atoms with Gasteiger partial charge in [0.2, 0.25) is 0 Å². The molecule has 0 aromatic carbocycles. The van der Waals surface area contributed by atoms with Crippen molar-refractivity contribution in [2.75, 3.05) is 7.11 Å². The standard InChI is InChI=1S/C4H8N2O/c1-3-5-6-4-7-2/h3-4H,1-2H3. The van der Waals surface area contributed by atoms with Gasteiger partial charge in [0, 0.05) is 6.21 Å². The molecular formula is C4H8N2O. The fourth-order valence-corrected chi connectivity index (χ4v) is 0.141. The zero-order valence-corrected chi connectivity index (χ0v) is 4.46. The summed E-state index contributed by atoms with van der Waals surface area (Å²) in [6.45, 7) is 1.78. The fourth-order valence-electron chi connectivity index (χ4n) is 0.141. The molecule has 0 spiro atoms. The molecule has 0 aromatic heterocycles. The van der Waals surface area contributed by atoms with E-state index < -0.39 is 0 Å². The molecule has 0 aromatic rings. The molecule has 0 radical (unpaired) electrons. The van der Waals surface area contributed by atoms with E-state index in [4.69, 9.17) is 0 Å². The van der Waals surface area contributed by atoms with Gasteiger partial charge in [-0.25, -0.2) is 0 Å². The lowest BCUT2D eigenvalue weighted by molar-refractivity contribution is 0.421. The Morgan fingerprint density at radius 2 is 2.14 bits per heavy atom. The van der Waals surface area contributed by atoms with Gasteiger partial charge in [-0.05, 0) is 6.92 Å². The number of rotatable bonds is 2. The van der Waals surface area contributed by atoms with Crippen molar-refractivity contribution in [3.63, 3.8) is 0 Å². The molecule has 0 bridgehead atoms. The van der Waals surface area contributed by atoms with Crippen LogP contribution < -0.4 is 0 Å². The molecule has 40 valence electrons. The van der Waals surface area contributed by atoms with Crippen molar-refractivity contribution in [2.45, 2.75) is 6.92 Å². The van der Waals surface area contributed by atoms with E-state index in [0.717, 1.165) is 0 Å². The molecule has 0 saturated carbocycles. The topological polar surface area (TPSA) is 34.0 Å². The Balaban J connectivity index is 3.09. The summed E-state index contributed by atoms with van der Waals surface area (Å²) < 4.78 is 4.44. The predicted octanol–water partition coefficient (Wildman–Crippen LogP) is 0.667. The first-order valence-electron chi connectivity index (χ1n) is 1.94. The van der Waals surface area contributed by atoms with Gasteiger partial charge in [-0.15, -0.1) is 5.10 Å². The summed E-state index contributed by atoms with van der Waals surface area (Å²) in [7, 11) is 1.52. The van der Waals surface area contributed by atoms with Crippen LogP contribution in [0.2, 0.25) is 0 Å². The van der Waals surface area contributed by atoms with Gasteiger partial charge in [0.15, 0.2) is 6.40 Å². The van der Waals surface area contributed by atoms with Crippen LogP contribution in [0.1, 0.15) is 6.92 Å². The first-order valence-corrected chi connectivity index (χ1v) is 1.94. The third-order valence-electron chi connectivity index (χ3n) is 0.335. The number of hydrogen-bond acceptors (Lipinski definition) is 3. The molecule has 3 nitrogen and oxygen atoms in total. The van der Waals surface area contributed by atoms with Crippen molar-refractivity contribution in [2.24, 2.45) is 10.2 Å². The van der Waals surface area contributed by atoms with Crippen molar-refractivity contribution >= 4 is 12.6 Å². The van der Waals surface area contributed by atoms with E-state index in [0.29, 0.717) is 0 Å². The third-order valence-corrected chi connectivity index (χ3v) is 0.335. The summed E-state index contributed by atoms with van der Waals surface area (Å²) in [5.41, 5.74) is 0. The summed E-state index contributed by atoms with van der Waals surface area (Å²) in [5.74, 6) is 0. The van der Waals surface area contributed by atoms with Crippen molar-refractivity contribution in [3.05, 3.63) is 0 Å². The van der Waals surface area contributed by atoms with E-state index in [1.807, 2.05) is 0 Å². The Morgan fingerprint density at radius 3 is 2.57 bits per heavy atom. The molecule has 0 aliphatic rings. The highest BCUT2D eigenvalue weighted by molar-refractivity contribution is 5.55. The quantitative estimate of drug-likeness (QED) is 0.285. The summed E-state index contributed by atoms with van der Waals surface area (Å²) in [4.78, 5) is 0. The van der Waals surface area contributed by atoms with Crippen LogP contribution in [0.3, 0.4) is 0 Å². The second-order valence-electron chi connectivity index (χ2n) is 0.830. The van der Waals surface area contributed by atoms with E-state index >= 15 is 0 Å². The molecule has 0 aliphatic heterocycles. The van der Waals surface area contributed by atoms with E-state index in [9.17, 15) is 0 Å². The SMILES string of the molecule is CC=NN=COC. The molecule has 3 heteroatoms. The maximum atomic E-state index is 4.44. The number of hydrogen-bond donors (Lipinski definition) is 0. The van der Waals surface area contributed by atoms with E-state index in [1.165, 1.54) is 13.5 Å². The molecule has 0 fully saturated rings. The minimum Gasteiger partial charge on any atom is -0.485 e. The van der Waals surface area contributed by atoms with Crippen LogP contribution in [-0.4, -0.2) is 19.7 Å². The zero-order chi connectivity index (χ0) is 5.54. The van der Waals surface area contributed by atoms with Crippen LogP contribution in [-0.2, 0) is 4.74 Å². The summed E-state index contributed by atoms with van der Waals surface area (Å²) in [5, 5.41) is 6.91. The highest BCUT2D eigenvalue weighted by Gasteiger charge is 1.56. The van der Waals surface area contributed by atoms with E-state index in [2.05, 4.69) is 14.9 Å². The van der Waals surface area contributed by atoms with E-state index in [-0.39, 0.29) is 0 Å². The second-order valence-corrected chi connectivity index (χ2v) is 0.830. The maximum Gasteiger partial charge on any atom is 0.194 e. The Labute approximate surface area is 42.7 Å². The highest BCUT2D eigenvalue weighted by Crippen LogP contribution is 1.63. The van der Waals surface area contributed by atoms with Crippen LogP contribution in [0.5, 0.6) is 0 Å². The van der Waals surface area contributed by atoms with E-state index in [1.54, 1.807) is 13.1 Å². The van der Waals surface area contributed by atoms with Gasteiger partial charge in [-0.1, -0.05) is 0 Å². The fraction of sp³-hybridized carbons (Fsp3) is 0.500. The maximum absolute atomic E-state index is 4.44. The Hall–Kier alpha value is -0.860. The summed E-state index contributed by atoms with van der Waals surface area (Å²) in [6, 6.07) is 0. The molecular weight excluding hydrogens is 92.1 g/mol. The summed E-state index contributed by atoms with van der Waals surface area (Å²) in [6.07, 6.45) is 2.84. The van der Waals surface area contributed by atoms with Crippen LogP contribution in [0, 0.1) is 0 Å². The van der Waals surface area contributed by atoms with Gasteiger partial charge in [0.1, 0.15) is 0 Å². The van der Waals surface area contributed by atoms with Gasteiger partial charge >= 0.3 is 0 Å². The smallest absolute Gasteiger partial charge is 0.194 e. The molecule has 0 saturated heterocycles. The lowest BCUT2D eigenvalue weighted by Crippen LogP contribution is -1.72. The zero-order valence-electron chi connectivity index (χ0n) is 4.46. The predicted molar refractivity (Wildman–Crippen MR) is 29.7 cm³/mol. The van der Waals surface area contributed by atoms with Gasteiger partial charge < -0.3 is 4.74 Å². The molecule has 0 unspecified atom stereocenters. The monoisotopic (exact) mass is 100 g/mol. The Morgan fingerprint density at radius 1 is 1.43 bits per heavy atom. The minimum absolute atomic E-state index is 1.26. The second kappa shape index (κ2) is 5.14. The van der Waals surface area contributed by atoms with Crippen molar-refractivity contribution in [1.29, 1.82) is 0 Å². The third kappa shape index (κ3) is 5.14. The average molecular weight is 100 g/mol. The first kappa shape index (κ1) is 6.14. The van der Waals surface area contributed by atoms with Crippen LogP contribution >= 0.6 is 0 Å². The minimum atomic E-state index is 1.26. The molecule has 0 atom stereocenters. The molecule has 0 aliphatic carbocycles. The van der Waals surface area contributed by atoms with Crippen molar-refractivity contribution in [3.8, 4) is 0 Å². The van der Waals surface area contributed by atoms with Crippen LogP contribution in [0.4, 0.5) is 0 Å². The van der Waals surface area contributed by atoms with Gasteiger partial charge in [-0.2, -0.15) is 5.10 Å². The summed E-state index contributed by atoms with van der Waals surface area (Å²) >= 11 is 0. The van der Waals surface area contributed by atoms with Crippen molar-refractivity contribution in [1.82, 2.24) is 0 Å². The lowest BCUT2D eigenvalue weighted by atomic mass is 10.9. The molecule has 7 heavy (non-hydrogen) atoms. The number of methoxy groups -OCH3 is 1.